The van der Waals surface area contributed by atoms with Crippen LogP contribution in [0.3, 0.4) is 0 Å². The predicted molar refractivity (Wildman–Crippen MR) is 105 cm³/mol. The Bertz CT molecular complexity index is 909. The van der Waals surface area contributed by atoms with E-state index in [0.717, 1.165) is 29.1 Å². The average molecular weight is 376 g/mol. The summed E-state index contributed by atoms with van der Waals surface area (Å²) in [6.07, 6.45) is 4.04. The molecule has 3 rings (SSSR count). The van der Waals surface area contributed by atoms with E-state index in [1.54, 1.807) is 11.8 Å². The third kappa shape index (κ3) is 2.90. The molecule has 0 bridgehead atoms. The highest BCUT2D eigenvalue weighted by Gasteiger charge is 2.54. The maximum absolute atomic E-state index is 10.0. The Hall–Kier alpha value is -2.72. The van der Waals surface area contributed by atoms with Crippen molar-refractivity contribution in [3.63, 3.8) is 0 Å². The van der Waals surface area contributed by atoms with Crippen LogP contribution in [0.4, 0.5) is 0 Å². The summed E-state index contributed by atoms with van der Waals surface area (Å²) in [7, 11) is 0. The van der Waals surface area contributed by atoms with Crippen molar-refractivity contribution in [2.45, 2.75) is 17.7 Å². The first-order valence-electron chi connectivity index (χ1n) is 8.85. The molecule has 0 aromatic heterocycles. The highest BCUT2D eigenvalue weighted by atomic mass is 32.2. The second kappa shape index (κ2) is 7.49. The van der Waals surface area contributed by atoms with E-state index >= 15 is 0 Å². The van der Waals surface area contributed by atoms with Gasteiger partial charge in [-0.2, -0.15) is 15.8 Å². The minimum absolute atomic E-state index is 0.0846. The average Bonchev–Trinajstić information content (AvgIpc) is 2.73. The van der Waals surface area contributed by atoms with Gasteiger partial charge in [0.2, 0.25) is 0 Å². The summed E-state index contributed by atoms with van der Waals surface area (Å²) in [6.45, 7) is 4.39. The topological polar surface area (TPSA) is 101 Å². The van der Waals surface area contributed by atoms with Gasteiger partial charge in [0.05, 0.1) is 23.4 Å². The van der Waals surface area contributed by atoms with E-state index in [9.17, 15) is 15.8 Å². The normalized spacial score (nSPS) is 24.2. The van der Waals surface area contributed by atoms with E-state index in [2.05, 4.69) is 30.0 Å². The molecule has 0 saturated heterocycles. The van der Waals surface area contributed by atoms with Crippen LogP contribution in [0, 0.1) is 45.3 Å². The summed E-state index contributed by atoms with van der Waals surface area (Å²) in [6, 6.07) is 14.5. The molecule has 0 fully saturated rings. The van der Waals surface area contributed by atoms with Gasteiger partial charge in [-0.05, 0) is 36.1 Å². The van der Waals surface area contributed by atoms with Crippen LogP contribution in [0.5, 0.6) is 0 Å². The number of allylic oxidation sites excluding steroid dienone is 2. The van der Waals surface area contributed by atoms with Gasteiger partial charge in [0.15, 0.2) is 5.41 Å². The number of benzene rings is 1. The van der Waals surface area contributed by atoms with Crippen LogP contribution in [-0.4, -0.2) is 30.8 Å². The number of thioether (sulfide) groups is 1. The van der Waals surface area contributed by atoms with Crippen LogP contribution in [0.2, 0.25) is 0 Å². The zero-order valence-corrected chi connectivity index (χ0v) is 16.3. The standard InChI is InChI=1S/C21H21N5S/c1-3-26-9-8-16-17(10-22)20(25)21(12-23,13-24)19(18(16)11-26)14-4-6-15(27-2)7-5-14/h4-8,18-19H,3,9,11,25H2,1-2H3. The predicted octanol–water partition coefficient (Wildman–Crippen LogP) is 3.15. The molecule has 2 aliphatic rings. The molecule has 1 aliphatic heterocycles. The molecule has 136 valence electrons. The summed E-state index contributed by atoms with van der Waals surface area (Å²) in [4.78, 5) is 3.37. The van der Waals surface area contributed by atoms with Crippen LogP contribution in [0.25, 0.3) is 0 Å². The van der Waals surface area contributed by atoms with Crippen molar-refractivity contribution in [2.24, 2.45) is 17.1 Å². The van der Waals surface area contributed by atoms with E-state index in [0.29, 0.717) is 12.1 Å². The molecule has 1 aromatic rings. The molecule has 27 heavy (non-hydrogen) atoms. The summed E-state index contributed by atoms with van der Waals surface area (Å²) < 4.78 is 0. The molecule has 2 N–H and O–H groups in total. The molecule has 0 spiro atoms. The third-order valence-corrected chi connectivity index (χ3v) is 6.41. The van der Waals surface area contributed by atoms with Crippen LogP contribution in [-0.2, 0) is 0 Å². The fraction of sp³-hybridized carbons (Fsp3) is 0.381. The lowest BCUT2D eigenvalue weighted by Crippen LogP contribution is -2.48. The van der Waals surface area contributed by atoms with Crippen molar-refractivity contribution < 1.29 is 0 Å². The van der Waals surface area contributed by atoms with Gasteiger partial charge < -0.3 is 5.73 Å². The first-order chi connectivity index (χ1) is 13.1. The Balaban J connectivity index is 2.27. The van der Waals surface area contributed by atoms with Gasteiger partial charge in [-0.25, -0.2) is 0 Å². The molecule has 1 heterocycles. The first kappa shape index (κ1) is 19.1. The Labute approximate surface area is 164 Å². The van der Waals surface area contributed by atoms with Gasteiger partial charge in [0, 0.05) is 29.8 Å². The minimum Gasteiger partial charge on any atom is -0.399 e. The van der Waals surface area contributed by atoms with Crippen molar-refractivity contribution in [2.75, 3.05) is 25.9 Å². The molecule has 0 amide bonds. The summed E-state index contributed by atoms with van der Waals surface area (Å²) in [5, 5.41) is 29.8. The maximum atomic E-state index is 10.0. The van der Waals surface area contributed by atoms with Crippen LogP contribution >= 0.6 is 11.8 Å². The number of hydrogen-bond donors (Lipinski definition) is 1. The Morgan fingerprint density at radius 3 is 2.41 bits per heavy atom. The lowest BCUT2D eigenvalue weighted by molar-refractivity contribution is 0.214. The van der Waals surface area contributed by atoms with Crippen molar-refractivity contribution in [1.82, 2.24) is 4.90 Å². The lowest BCUT2D eigenvalue weighted by atomic mass is 9.58. The number of nitrogens with two attached hydrogens (primary N) is 1. The number of fused-ring (bicyclic) bond motifs is 1. The van der Waals surface area contributed by atoms with Gasteiger partial charge in [0.1, 0.15) is 6.07 Å². The molecule has 6 heteroatoms. The van der Waals surface area contributed by atoms with Crippen molar-refractivity contribution in [1.29, 1.82) is 15.8 Å². The van der Waals surface area contributed by atoms with E-state index in [1.165, 1.54) is 0 Å². The van der Waals surface area contributed by atoms with Crippen molar-refractivity contribution in [3.8, 4) is 18.2 Å². The van der Waals surface area contributed by atoms with E-state index < -0.39 is 11.3 Å². The Morgan fingerprint density at radius 2 is 1.89 bits per heavy atom. The van der Waals surface area contributed by atoms with Gasteiger partial charge in [-0.15, -0.1) is 11.8 Å². The molecule has 0 radical (unpaired) electrons. The number of nitrogens with zero attached hydrogens (tertiary/aromatic N) is 4. The molecule has 0 saturated carbocycles. The monoisotopic (exact) mass is 375 g/mol. The van der Waals surface area contributed by atoms with Crippen LogP contribution < -0.4 is 5.73 Å². The van der Waals surface area contributed by atoms with Crippen LogP contribution in [0.1, 0.15) is 18.4 Å². The summed E-state index contributed by atoms with van der Waals surface area (Å²) in [5.41, 5.74) is 6.92. The smallest absolute Gasteiger partial charge is 0.191 e. The van der Waals surface area contributed by atoms with Crippen LogP contribution in [0.15, 0.2) is 52.1 Å². The lowest BCUT2D eigenvalue weighted by Gasteiger charge is -2.45. The number of hydrogen-bond acceptors (Lipinski definition) is 6. The molecule has 2 atom stereocenters. The van der Waals surface area contributed by atoms with Gasteiger partial charge in [-0.1, -0.05) is 25.1 Å². The third-order valence-electron chi connectivity index (χ3n) is 5.66. The Morgan fingerprint density at radius 1 is 1.22 bits per heavy atom. The maximum Gasteiger partial charge on any atom is 0.191 e. The fourth-order valence-electron chi connectivity index (χ4n) is 4.19. The van der Waals surface area contributed by atoms with E-state index in [1.807, 2.05) is 36.6 Å². The summed E-state index contributed by atoms with van der Waals surface area (Å²) in [5.74, 6) is -0.541. The first-order valence-corrected chi connectivity index (χ1v) is 10.1. The minimum atomic E-state index is -1.55. The second-order valence-corrected chi connectivity index (χ2v) is 7.68. The highest BCUT2D eigenvalue weighted by Crippen LogP contribution is 2.54. The SMILES string of the molecule is CCN1CC=C2C(C#N)=C(N)C(C#N)(C#N)C(c3ccc(SC)cc3)C2C1. The zero-order valence-electron chi connectivity index (χ0n) is 15.4. The van der Waals surface area contributed by atoms with E-state index in [-0.39, 0.29) is 11.6 Å². The van der Waals surface area contributed by atoms with Gasteiger partial charge in [-0.3, -0.25) is 4.90 Å². The number of rotatable bonds is 3. The molecular formula is C21H21N5S. The van der Waals surface area contributed by atoms with Gasteiger partial charge >= 0.3 is 0 Å². The number of likely N-dealkylation sites (N-methyl/N-ethyl adjacent to an activating group) is 1. The Kier molecular flexibility index (Phi) is 5.29. The molecule has 1 aliphatic carbocycles. The molecule has 5 nitrogen and oxygen atoms in total. The van der Waals surface area contributed by atoms with E-state index in [4.69, 9.17) is 5.73 Å². The molecule has 2 unspecified atom stereocenters. The zero-order chi connectivity index (χ0) is 19.6. The molecule has 1 aromatic carbocycles. The summed E-state index contributed by atoms with van der Waals surface area (Å²) >= 11 is 1.64. The molecular weight excluding hydrogens is 354 g/mol. The fourth-order valence-corrected chi connectivity index (χ4v) is 4.59. The number of nitriles is 3. The second-order valence-electron chi connectivity index (χ2n) is 6.80. The quantitative estimate of drug-likeness (QED) is 0.815. The van der Waals surface area contributed by atoms with Gasteiger partial charge in [0.25, 0.3) is 0 Å². The van der Waals surface area contributed by atoms with Crippen molar-refractivity contribution >= 4 is 11.8 Å². The highest BCUT2D eigenvalue weighted by molar-refractivity contribution is 7.98. The van der Waals surface area contributed by atoms with Crippen molar-refractivity contribution in [3.05, 3.63) is 52.7 Å². The largest absolute Gasteiger partial charge is 0.399 e.